The average molecular weight is 441 g/mol. The summed E-state index contributed by atoms with van der Waals surface area (Å²) in [7, 11) is 0. The van der Waals surface area contributed by atoms with Crippen LogP contribution < -0.4 is 10.6 Å². The van der Waals surface area contributed by atoms with Gasteiger partial charge in [-0.1, -0.05) is 0 Å². The molecule has 0 aliphatic carbocycles. The second-order valence-corrected chi connectivity index (χ2v) is 6.30. The van der Waals surface area contributed by atoms with Gasteiger partial charge in [-0.05, 0) is 59.3 Å². The van der Waals surface area contributed by atoms with Crippen LogP contribution >= 0.6 is 22.6 Å². The summed E-state index contributed by atoms with van der Waals surface area (Å²) in [4.78, 5) is 22.7. The van der Waals surface area contributed by atoms with Crippen molar-refractivity contribution in [3.05, 3.63) is 61.2 Å². The lowest BCUT2D eigenvalue weighted by atomic mass is 10.1. The Morgan fingerprint density at radius 2 is 1.96 bits per heavy atom. The van der Waals surface area contributed by atoms with Crippen LogP contribution in [0.3, 0.4) is 0 Å². The number of non-ortho nitro benzene ring substituents is 1. The van der Waals surface area contributed by atoms with Gasteiger partial charge < -0.3 is 15.7 Å². The fourth-order valence-electron chi connectivity index (χ4n) is 2.12. The van der Waals surface area contributed by atoms with Crippen LogP contribution in [0.15, 0.2) is 36.4 Å². The second kappa shape index (κ2) is 8.06. The summed E-state index contributed by atoms with van der Waals surface area (Å²) < 4.78 is 1.08. The standard InChI is InChI=1S/C16H16IN3O4/c1-10-8-11(17)2-4-14(10)19-15-5-3-12(20(23)24)9-13(15)16(22)18-6-7-21/h2-5,8-9,19,21H,6-7H2,1H3,(H,18,22). The Balaban J connectivity index is 2.40. The van der Waals surface area contributed by atoms with E-state index in [2.05, 4.69) is 33.2 Å². The first-order valence-corrected chi connectivity index (χ1v) is 8.21. The van der Waals surface area contributed by atoms with Crippen molar-refractivity contribution in [2.45, 2.75) is 6.92 Å². The van der Waals surface area contributed by atoms with Crippen molar-refractivity contribution in [1.29, 1.82) is 0 Å². The van der Waals surface area contributed by atoms with E-state index in [4.69, 9.17) is 5.11 Å². The number of rotatable bonds is 6. The highest BCUT2D eigenvalue weighted by atomic mass is 127. The van der Waals surface area contributed by atoms with Gasteiger partial charge in [0.25, 0.3) is 11.6 Å². The van der Waals surface area contributed by atoms with Crippen molar-refractivity contribution < 1.29 is 14.8 Å². The maximum absolute atomic E-state index is 12.2. The molecule has 7 nitrogen and oxygen atoms in total. The van der Waals surface area contributed by atoms with E-state index >= 15 is 0 Å². The van der Waals surface area contributed by atoms with Gasteiger partial charge in [0.2, 0.25) is 0 Å². The van der Waals surface area contributed by atoms with E-state index in [1.807, 2.05) is 25.1 Å². The van der Waals surface area contributed by atoms with Crippen molar-refractivity contribution in [3.63, 3.8) is 0 Å². The molecule has 0 aromatic heterocycles. The molecule has 0 radical (unpaired) electrons. The van der Waals surface area contributed by atoms with Crippen LogP contribution in [0.2, 0.25) is 0 Å². The van der Waals surface area contributed by atoms with E-state index in [0.717, 1.165) is 14.8 Å². The van der Waals surface area contributed by atoms with Crippen LogP contribution in [0.5, 0.6) is 0 Å². The second-order valence-electron chi connectivity index (χ2n) is 5.05. The molecule has 2 aromatic rings. The molecule has 2 rings (SSSR count). The van der Waals surface area contributed by atoms with Crippen LogP contribution in [0.25, 0.3) is 0 Å². The van der Waals surface area contributed by atoms with E-state index in [9.17, 15) is 14.9 Å². The number of carbonyl (C=O) groups is 1. The number of carbonyl (C=O) groups excluding carboxylic acids is 1. The zero-order valence-electron chi connectivity index (χ0n) is 12.9. The zero-order valence-corrected chi connectivity index (χ0v) is 15.0. The van der Waals surface area contributed by atoms with Crippen LogP contribution in [-0.4, -0.2) is 29.1 Å². The number of benzene rings is 2. The SMILES string of the molecule is Cc1cc(I)ccc1Nc1ccc([N+](=O)[O-])cc1C(=O)NCCO. The average Bonchev–Trinajstić information content (AvgIpc) is 2.55. The number of nitro benzene ring substituents is 1. The fourth-order valence-corrected chi connectivity index (χ4v) is 2.77. The van der Waals surface area contributed by atoms with Gasteiger partial charge in [-0.2, -0.15) is 0 Å². The van der Waals surface area contributed by atoms with Gasteiger partial charge >= 0.3 is 0 Å². The lowest BCUT2D eigenvalue weighted by molar-refractivity contribution is -0.384. The predicted octanol–water partition coefficient (Wildman–Crippen LogP) is 2.97. The minimum absolute atomic E-state index is 0.0729. The summed E-state index contributed by atoms with van der Waals surface area (Å²) >= 11 is 2.21. The Morgan fingerprint density at radius 1 is 1.25 bits per heavy atom. The first-order valence-electron chi connectivity index (χ1n) is 7.13. The van der Waals surface area contributed by atoms with Crippen molar-refractivity contribution in [2.24, 2.45) is 0 Å². The molecule has 0 aliphatic heterocycles. The molecular formula is C16H16IN3O4. The van der Waals surface area contributed by atoms with Gasteiger partial charge in [-0.15, -0.1) is 0 Å². The minimum Gasteiger partial charge on any atom is -0.395 e. The highest BCUT2D eigenvalue weighted by molar-refractivity contribution is 14.1. The van der Waals surface area contributed by atoms with Gasteiger partial charge in [-0.3, -0.25) is 14.9 Å². The number of aryl methyl sites for hydroxylation is 1. The van der Waals surface area contributed by atoms with E-state index in [1.165, 1.54) is 18.2 Å². The molecule has 126 valence electrons. The monoisotopic (exact) mass is 441 g/mol. The summed E-state index contributed by atoms with van der Waals surface area (Å²) in [5.41, 5.74) is 2.23. The van der Waals surface area contributed by atoms with Gasteiger partial charge in [0.1, 0.15) is 0 Å². The van der Waals surface area contributed by atoms with Gasteiger partial charge in [0.05, 0.1) is 22.8 Å². The van der Waals surface area contributed by atoms with Gasteiger partial charge in [0.15, 0.2) is 0 Å². The van der Waals surface area contributed by atoms with Crippen LogP contribution in [0, 0.1) is 20.6 Å². The number of aliphatic hydroxyl groups excluding tert-OH is 1. The highest BCUT2D eigenvalue weighted by Crippen LogP contribution is 2.27. The number of hydrogen-bond acceptors (Lipinski definition) is 5. The Hall–Kier alpha value is -2.20. The molecule has 0 bridgehead atoms. The predicted molar refractivity (Wildman–Crippen MR) is 99.7 cm³/mol. The molecule has 0 saturated carbocycles. The Labute approximate surface area is 152 Å². The first kappa shape index (κ1) is 18.1. The zero-order chi connectivity index (χ0) is 17.7. The van der Waals surface area contributed by atoms with E-state index in [-0.39, 0.29) is 24.4 Å². The molecule has 0 heterocycles. The van der Waals surface area contributed by atoms with Crippen molar-refractivity contribution >= 4 is 45.6 Å². The Bertz CT molecular complexity index is 780. The maximum Gasteiger partial charge on any atom is 0.270 e. The molecule has 0 unspecified atom stereocenters. The Morgan fingerprint density at radius 3 is 2.58 bits per heavy atom. The lowest BCUT2D eigenvalue weighted by Gasteiger charge is -2.14. The largest absolute Gasteiger partial charge is 0.395 e. The van der Waals surface area contributed by atoms with Crippen molar-refractivity contribution in [1.82, 2.24) is 5.32 Å². The number of nitrogens with zero attached hydrogens (tertiary/aromatic N) is 1. The normalized spacial score (nSPS) is 10.3. The topological polar surface area (TPSA) is 105 Å². The number of aliphatic hydroxyl groups is 1. The van der Waals surface area contributed by atoms with E-state index in [1.54, 1.807) is 0 Å². The van der Waals surface area contributed by atoms with E-state index < -0.39 is 10.8 Å². The highest BCUT2D eigenvalue weighted by Gasteiger charge is 2.17. The summed E-state index contributed by atoms with van der Waals surface area (Å²) in [6, 6.07) is 9.86. The van der Waals surface area contributed by atoms with Gasteiger partial charge in [0, 0.05) is 27.9 Å². The van der Waals surface area contributed by atoms with Crippen LogP contribution in [-0.2, 0) is 0 Å². The summed E-state index contributed by atoms with van der Waals surface area (Å²) in [5, 5.41) is 25.5. The number of halogens is 1. The quantitative estimate of drug-likeness (QED) is 0.363. The first-order chi connectivity index (χ1) is 11.4. The third-order valence-corrected chi connectivity index (χ3v) is 3.98. The molecule has 0 aliphatic rings. The third kappa shape index (κ3) is 4.42. The molecule has 24 heavy (non-hydrogen) atoms. The summed E-state index contributed by atoms with van der Waals surface area (Å²) in [6.45, 7) is 1.80. The fraction of sp³-hybridized carbons (Fsp3) is 0.188. The molecule has 0 atom stereocenters. The number of nitro groups is 1. The smallest absolute Gasteiger partial charge is 0.270 e. The third-order valence-electron chi connectivity index (χ3n) is 3.31. The molecule has 1 amide bonds. The van der Waals surface area contributed by atoms with Crippen LogP contribution in [0.4, 0.5) is 17.1 Å². The molecule has 2 aromatic carbocycles. The molecule has 0 fully saturated rings. The molecular weight excluding hydrogens is 425 g/mol. The van der Waals surface area contributed by atoms with Crippen LogP contribution in [0.1, 0.15) is 15.9 Å². The maximum atomic E-state index is 12.2. The number of anilines is 2. The number of hydrogen-bond donors (Lipinski definition) is 3. The summed E-state index contributed by atoms with van der Waals surface area (Å²) in [6.07, 6.45) is 0. The van der Waals surface area contributed by atoms with E-state index in [0.29, 0.717) is 5.69 Å². The summed E-state index contributed by atoms with van der Waals surface area (Å²) in [5.74, 6) is -0.488. The molecule has 0 spiro atoms. The number of amides is 1. The molecule has 8 heteroatoms. The minimum atomic E-state index is -0.553. The van der Waals surface area contributed by atoms with Crippen molar-refractivity contribution in [2.75, 3.05) is 18.5 Å². The lowest BCUT2D eigenvalue weighted by Crippen LogP contribution is -2.27. The van der Waals surface area contributed by atoms with Gasteiger partial charge in [-0.25, -0.2) is 0 Å². The molecule has 3 N–H and O–H groups in total. The Kier molecular flexibility index (Phi) is 6.10. The number of nitrogens with one attached hydrogen (secondary N) is 2. The molecule has 0 saturated heterocycles. The van der Waals surface area contributed by atoms with Crippen molar-refractivity contribution in [3.8, 4) is 0 Å².